The fourth-order valence-electron chi connectivity index (χ4n) is 1.21. The van der Waals surface area contributed by atoms with Crippen LogP contribution in [0.5, 0.6) is 11.6 Å². The largest absolute Gasteiger partial charge is 0.438 e. The molecule has 0 unspecified atom stereocenters. The number of aromatic nitrogens is 2. The van der Waals surface area contributed by atoms with E-state index < -0.39 is 0 Å². The molecule has 0 aliphatic rings. The molecule has 0 aliphatic carbocycles. The summed E-state index contributed by atoms with van der Waals surface area (Å²) in [7, 11) is 0. The maximum Gasteiger partial charge on any atom is 0.235 e. The molecule has 1 aromatic carbocycles. The zero-order valence-corrected chi connectivity index (χ0v) is 11.4. The number of hydrogen-bond acceptors (Lipinski definition) is 3. The normalized spacial score (nSPS) is 10.2. The van der Waals surface area contributed by atoms with Crippen LogP contribution in [0.4, 0.5) is 0 Å². The predicted molar refractivity (Wildman–Crippen MR) is 71.0 cm³/mol. The van der Waals surface area contributed by atoms with Crippen molar-refractivity contribution in [2.75, 3.05) is 0 Å². The van der Waals surface area contributed by atoms with Gasteiger partial charge in [0.15, 0.2) is 0 Å². The van der Waals surface area contributed by atoms with Crippen molar-refractivity contribution in [3.63, 3.8) is 0 Å². The number of nitrogens with zero attached hydrogens (tertiary/aromatic N) is 2. The monoisotopic (exact) mass is 346 g/mol. The summed E-state index contributed by atoms with van der Waals surface area (Å²) in [6.07, 6.45) is 3.16. The third kappa shape index (κ3) is 2.62. The Kier molecular flexibility index (Phi) is 3.60. The molecule has 3 nitrogen and oxygen atoms in total. The van der Waals surface area contributed by atoms with E-state index in [-0.39, 0.29) is 0 Å². The van der Waals surface area contributed by atoms with E-state index in [1.54, 1.807) is 12.3 Å². The number of halogens is 2. The van der Waals surface area contributed by atoms with Crippen molar-refractivity contribution in [2.45, 2.75) is 6.92 Å². The fraction of sp³-hybridized carbons (Fsp3) is 0.0909. The summed E-state index contributed by atoms with van der Waals surface area (Å²) in [5, 5.41) is 0.697. The van der Waals surface area contributed by atoms with Gasteiger partial charge in [0, 0.05) is 11.2 Å². The van der Waals surface area contributed by atoms with Gasteiger partial charge in [-0.05, 0) is 53.3 Å². The van der Waals surface area contributed by atoms with Gasteiger partial charge in [0.25, 0.3) is 0 Å². The number of hydrogen-bond donors (Lipinski definition) is 0. The molecule has 0 N–H and O–H groups in total. The molecule has 2 aromatic rings. The van der Waals surface area contributed by atoms with Gasteiger partial charge in [0.2, 0.25) is 5.88 Å². The van der Waals surface area contributed by atoms with Gasteiger partial charge in [-0.3, -0.25) is 0 Å². The second kappa shape index (κ2) is 4.97. The van der Waals surface area contributed by atoms with Crippen LogP contribution >= 0.6 is 34.2 Å². The standard InChI is InChI=1S/C11H8ClIN2O/c1-7-4-8(12)2-3-10(7)16-11-9(13)5-14-6-15-11/h2-6H,1H3. The molecule has 0 saturated heterocycles. The first-order valence-corrected chi connectivity index (χ1v) is 6.02. The Morgan fingerprint density at radius 2 is 2.19 bits per heavy atom. The van der Waals surface area contributed by atoms with Gasteiger partial charge < -0.3 is 4.74 Å². The number of rotatable bonds is 2. The second-order valence-corrected chi connectivity index (χ2v) is 4.79. The zero-order chi connectivity index (χ0) is 11.5. The summed E-state index contributed by atoms with van der Waals surface area (Å²) in [5.41, 5.74) is 0.974. The van der Waals surface area contributed by atoms with Crippen LogP contribution in [0.25, 0.3) is 0 Å². The van der Waals surface area contributed by atoms with E-state index in [2.05, 4.69) is 32.6 Å². The molecule has 1 heterocycles. The minimum atomic E-state index is 0.557. The molecular formula is C11H8ClIN2O. The molecule has 1 aromatic heterocycles. The van der Waals surface area contributed by atoms with E-state index in [9.17, 15) is 0 Å². The molecule has 0 saturated carbocycles. The van der Waals surface area contributed by atoms with E-state index in [1.807, 2.05) is 19.1 Å². The van der Waals surface area contributed by atoms with Crippen molar-refractivity contribution in [1.82, 2.24) is 9.97 Å². The lowest BCUT2D eigenvalue weighted by Crippen LogP contribution is -1.93. The van der Waals surface area contributed by atoms with Crippen LogP contribution in [0.2, 0.25) is 5.02 Å². The highest BCUT2D eigenvalue weighted by Gasteiger charge is 2.06. The van der Waals surface area contributed by atoms with Crippen LogP contribution in [0, 0.1) is 10.5 Å². The van der Waals surface area contributed by atoms with Crippen LogP contribution in [0.3, 0.4) is 0 Å². The molecule has 0 amide bonds. The highest BCUT2D eigenvalue weighted by atomic mass is 127. The first-order chi connectivity index (χ1) is 7.66. The van der Waals surface area contributed by atoms with Gasteiger partial charge >= 0.3 is 0 Å². The SMILES string of the molecule is Cc1cc(Cl)ccc1Oc1ncncc1I. The highest BCUT2D eigenvalue weighted by molar-refractivity contribution is 14.1. The Morgan fingerprint density at radius 1 is 1.38 bits per heavy atom. The van der Waals surface area contributed by atoms with E-state index in [0.29, 0.717) is 10.9 Å². The average Bonchev–Trinajstić information content (AvgIpc) is 2.25. The molecule has 2 rings (SSSR count). The van der Waals surface area contributed by atoms with Crippen LogP contribution in [-0.2, 0) is 0 Å². The van der Waals surface area contributed by atoms with Gasteiger partial charge in [0.1, 0.15) is 12.1 Å². The van der Waals surface area contributed by atoms with E-state index in [1.165, 1.54) is 6.33 Å². The molecule has 82 valence electrons. The van der Waals surface area contributed by atoms with Crippen molar-refractivity contribution in [2.24, 2.45) is 0 Å². The van der Waals surface area contributed by atoms with E-state index in [4.69, 9.17) is 16.3 Å². The number of ether oxygens (including phenoxy) is 1. The summed E-state index contributed by atoms with van der Waals surface area (Å²) < 4.78 is 6.55. The Bertz CT molecular complexity index is 519. The quantitative estimate of drug-likeness (QED) is 0.775. The minimum Gasteiger partial charge on any atom is -0.438 e. The summed E-state index contributed by atoms with van der Waals surface area (Å²) in [6.45, 7) is 1.94. The van der Waals surface area contributed by atoms with Gasteiger partial charge in [0.05, 0.1) is 3.57 Å². The second-order valence-electron chi connectivity index (χ2n) is 3.19. The lowest BCUT2D eigenvalue weighted by atomic mass is 10.2. The van der Waals surface area contributed by atoms with Crippen molar-refractivity contribution >= 4 is 34.2 Å². The third-order valence-electron chi connectivity index (χ3n) is 1.98. The lowest BCUT2D eigenvalue weighted by molar-refractivity contribution is 0.454. The average molecular weight is 347 g/mol. The molecular weight excluding hydrogens is 338 g/mol. The zero-order valence-electron chi connectivity index (χ0n) is 8.45. The van der Waals surface area contributed by atoms with Crippen LogP contribution in [-0.4, -0.2) is 9.97 Å². The first-order valence-electron chi connectivity index (χ1n) is 4.56. The summed E-state index contributed by atoms with van der Waals surface area (Å²) in [6, 6.07) is 5.47. The molecule has 0 aliphatic heterocycles. The molecule has 0 atom stereocenters. The summed E-state index contributed by atoms with van der Waals surface area (Å²) >= 11 is 8.00. The fourth-order valence-corrected chi connectivity index (χ4v) is 1.84. The van der Waals surface area contributed by atoms with Crippen molar-refractivity contribution < 1.29 is 4.74 Å². The van der Waals surface area contributed by atoms with Gasteiger partial charge in [-0.2, -0.15) is 0 Å². The van der Waals surface area contributed by atoms with Crippen molar-refractivity contribution in [3.05, 3.63) is 44.9 Å². The van der Waals surface area contributed by atoms with Crippen molar-refractivity contribution in [1.29, 1.82) is 0 Å². The molecule has 5 heteroatoms. The smallest absolute Gasteiger partial charge is 0.235 e. The van der Waals surface area contributed by atoms with Crippen molar-refractivity contribution in [3.8, 4) is 11.6 Å². The Hall–Kier alpha value is -0.880. The molecule has 0 fully saturated rings. The third-order valence-corrected chi connectivity index (χ3v) is 2.95. The number of aryl methyl sites for hydroxylation is 1. The van der Waals surface area contributed by atoms with Crippen LogP contribution < -0.4 is 4.74 Å². The molecule has 0 bridgehead atoms. The molecule has 0 spiro atoms. The van der Waals surface area contributed by atoms with Gasteiger partial charge in [-0.15, -0.1) is 0 Å². The Morgan fingerprint density at radius 3 is 2.88 bits per heavy atom. The Labute approximate surface area is 112 Å². The maximum atomic E-state index is 5.87. The summed E-state index contributed by atoms with van der Waals surface area (Å²) in [4.78, 5) is 7.97. The predicted octanol–water partition coefficient (Wildman–Crippen LogP) is 3.84. The number of benzene rings is 1. The first kappa shape index (κ1) is 11.6. The van der Waals surface area contributed by atoms with Crippen LogP contribution in [0.15, 0.2) is 30.7 Å². The highest BCUT2D eigenvalue weighted by Crippen LogP contribution is 2.28. The van der Waals surface area contributed by atoms with Crippen LogP contribution in [0.1, 0.15) is 5.56 Å². The lowest BCUT2D eigenvalue weighted by Gasteiger charge is -2.08. The molecule has 16 heavy (non-hydrogen) atoms. The van der Waals surface area contributed by atoms with Gasteiger partial charge in [-0.1, -0.05) is 11.6 Å². The maximum absolute atomic E-state index is 5.87. The Balaban J connectivity index is 2.31. The van der Waals surface area contributed by atoms with E-state index >= 15 is 0 Å². The molecule has 0 radical (unpaired) electrons. The topological polar surface area (TPSA) is 35.0 Å². The van der Waals surface area contributed by atoms with Gasteiger partial charge in [-0.25, -0.2) is 9.97 Å². The summed E-state index contributed by atoms with van der Waals surface area (Å²) in [5.74, 6) is 1.31. The van der Waals surface area contributed by atoms with E-state index in [0.717, 1.165) is 14.9 Å². The minimum absolute atomic E-state index is 0.557.